The highest BCUT2D eigenvalue weighted by atomic mass is 16.2. The molecular weight excluding hydrogens is 200 g/mol. The highest BCUT2D eigenvalue weighted by Gasteiger charge is 2.21. The van der Waals surface area contributed by atoms with Crippen LogP contribution in [-0.2, 0) is 4.79 Å². The zero-order chi connectivity index (χ0) is 11.5. The number of carbonyl (C=O) groups excluding carboxylic acids is 1. The first kappa shape index (κ1) is 10.9. The van der Waals surface area contributed by atoms with Crippen LogP contribution in [0.1, 0.15) is 5.56 Å². The van der Waals surface area contributed by atoms with Gasteiger partial charge < -0.3 is 4.90 Å². The number of hydrogen-bond donors (Lipinski definition) is 1. The van der Waals surface area contributed by atoms with Gasteiger partial charge >= 0.3 is 0 Å². The molecule has 1 N–H and O–H groups in total. The molecule has 0 radical (unpaired) electrons. The van der Waals surface area contributed by atoms with E-state index in [2.05, 4.69) is 5.32 Å². The van der Waals surface area contributed by atoms with Crippen molar-refractivity contribution in [2.75, 3.05) is 18.5 Å². The highest BCUT2D eigenvalue weighted by Crippen LogP contribution is 2.15. The molecule has 3 nitrogen and oxygen atoms in total. The lowest BCUT2D eigenvalue weighted by Crippen LogP contribution is -2.41. The molecule has 1 aliphatic heterocycles. The fraction of sp³-hybridized carbons (Fsp3) is 0.308. The summed E-state index contributed by atoms with van der Waals surface area (Å²) in [6.45, 7) is 2.80. The molecule has 1 atom stereocenters. The predicted octanol–water partition coefficient (Wildman–Crippen LogP) is 1.49. The van der Waals surface area contributed by atoms with Gasteiger partial charge in [-0.15, -0.1) is 0 Å². The maximum atomic E-state index is 12.1. The summed E-state index contributed by atoms with van der Waals surface area (Å²) in [5, 5.41) is 3.12. The van der Waals surface area contributed by atoms with Gasteiger partial charge in [-0.1, -0.05) is 24.3 Å². The van der Waals surface area contributed by atoms with Gasteiger partial charge in [-0.05, 0) is 24.6 Å². The van der Waals surface area contributed by atoms with E-state index >= 15 is 0 Å². The fourth-order valence-electron chi connectivity index (χ4n) is 1.81. The molecule has 1 aliphatic rings. The number of nitrogens with one attached hydrogen (secondary N) is 1. The van der Waals surface area contributed by atoms with Crippen molar-refractivity contribution < 1.29 is 4.79 Å². The number of nitrogens with zero attached hydrogens (tertiary/aromatic N) is 1. The Morgan fingerprint density at radius 3 is 2.94 bits per heavy atom. The number of benzene rings is 1. The number of rotatable bonds is 2. The van der Waals surface area contributed by atoms with E-state index in [0.717, 1.165) is 17.8 Å². The molecule has 0 aromatic heterocycles. The summed E-state index contributed by atoms with van der Waals surface area (Å²) in [7, 11) is 1.81. The minimum atomic E-state index is -0.175. The Bertz CT molecular complexity index is 426. The summed E-state index contributed by atoms with van der Waals surface area (Å²) >= 11 is 0. The quantitative estimate of drug-likeness (QED) is 0.760. The van der Waals surface area contributed by atoms with Crippen LogP contribution in [0, 0.1) is 6.92 Å². The SMILES string of the molecule is Cc1cccc(N(C)C(=O)C2C=CCN2)c1. The van der Waals surface area contributed by atoms with Crippen LogP contribution in [0.5, 0.6) is 0 Å². The van der Waals surface area contributed by atoms with Crippen molar-refractivity contribution in [3.63, 3.8) is 0 Å². The van der Waals surface area contributed by atoms with Gasteiger partial charge in [0.25, 0.3) is 0 Å². The highest BCUT2D eigenvalue weighted by molar-refractivity contribution is 5.98. The molecule has 1 aromatic rings. The first-order valence-corrected chi connectivity index (χ1v) is 5.43. The second-order valence-electron chi connectivity index (χ2n) is 4.05. The fourth-order valence-corrected chi connectivity index (χ4v) is 1.81. The molecule has 0 saturated carbocycles. The van der Waals surface area contributed by atoms with Crippen molar-refractivity contribution in [3.05, 3.63) is 42.0 Å². The molecule has 1 heterocycles. The molecule has 1 unspecified atom stereocenters. The molecule has 84 valence electrons. The van der Waals surface area contributed by atoms with Gasteiger partial charge in [0.1, 0.15) is 6.04 Å². The van der Waals surface area contributed by atoms with E-state index in [9.17, 15) is 4.79 Å². The van der Waals surface area contributed by atoms with Crippen LogP contribution >= 0.6 is 0 Å². The van der Waals surface area contributed by atoms with Crippen LogP contribution in [0.15, 0.2) is 36.4 Å². The van der Waals surface area contributed by atoms with Gasteiger partial charge in [0.2, 0.25) is 5.91 Å². The Hall–Kier alpha value is -1.61. The maximum absolute atomic E-state index is 12.1. The molecule has 0 spiro atoms. The molecule has 1 amide bonds. The van der Waals surface area contributed by atoms with E-state index in [0.29, 0.717) is 0 Å². The van der Waals surface area contributed by atoms with Gasteiger partial charge in [-0.2, -0.15) is 0 Å². The van der Waals surface area contributed by atoms with Crippen molar-refractivity contribution in [1.29, 1.82) is 0 Å². The average Bonchev–Trinajstić information content (AvgIpc) is 2.80. The molecule has 3 heteroatoms. The third kappa shape index (κ3) is 2.14. The number of amides is 1. The van der Waals surface area contributed by atoms with E-state index in [1.54, 1.807) is 4.90 Å². The van der Waals surface area contributed by atoms with E-state index in [-0.39, 0.29) is 11.9 Å². The average molecular weight is 216 g/mol. The topological polar surface area (TPSA) is 32.3 Å². The van der Waals surface area contributed by atoms with E-state index < -0.39 is 0 Å². The van der Waals surface area contributed by atoms with Crippen LogP contribution in [0.3, 0.4) is 0 Å². The normalized spacial score (nSPS) is 18.8. The second-order valence-corrected chi connectivity index (χ2v) is 4.05. The Morgan fingerprint density at radius 1 is 1.50 bits per heavy atom. The smallest absolute Gasteiger partial charge is 0.247 e. The lowest BCUT2D eigenvalue weighted by molar-refractivity contribution is -0.119. The summed E-state index contributed by atoms with van der Waals surface area (Å²) in [6, 6.07) is 7.77. The van der Waals surface area contributed by atoms with E-state index in [1.807, 2.05) is 50.4 Å². The Morgan fingerprint density at radius 2 is 2.31 bits per heavy atom. The molecule has 0 saturated heterocycles. The monoisotopic (exact) mass is 216 g/mol. The summed E-state index contributed by atoms with van der Waals surface area (Å²) in [6.07, 6.45) is 3.89. The number of aryl methyl sites for hydroxylation is 1. The molecule has 0 fully saturated rings. The van der Waals surface area contributed by atoms with Gasteiger partial charge in [0.15, 0.2) is 0 Å². The summed E-state index contributed by atoms with van der Waals surface area (Å²) < 4.78 is 0. The molecule has 2 rings (SSSR count). The Balaban J connectivity index is 2.15. The summed E-state index contributed by atoms with van der Waals surface area (Å²) in [5.74, 6) is 0.0827. The minimum Gasteiger partial charge on any atom is -0.314 e. The van der Waals surface area contributed by atoms with Gasteiger partial charge in [0, 0.05) is 19.3 Å². The first-order valence-electron chi connectivity index (χ1n) is 5.43. The molecule has 0 bridgehead atoms. The zero-order valence-electron chi connectivity index (χ0n) is 9.60. The Labute approximate surface area is 95.8 Å². The third-order valence-electron chi connectivity index (χ3n) is 2.77. The summed E-state index contributed by atoms with van der Waals surface area (Å²) in [5.41, 5.74) is 2.10. The van der Waals surface area contributed by atoms with E-state index in [1.165, 1.54) is 0 Å². The number of likely N-dealkylation sites (N-methyl/N-ethyl adjacent to an activating group) is 1. The minimum absolute atomic E-state index is 0.0827. The predicted molar refractivity (Wildman–Crippen MR) is 65.5 cm³/mol. The van der Waals surface area contributed by atoms with Crippen LogP contribution in [-0.4, -0.2) is 25.5 Å². The molecular formula is C13H16N2O. The van der Waals surface area contributed by atoms with Gasteiger partial charge in [-0.3, -0.25) is 10.1 Å². The first-order chi connectivity index (χ1) is 7.68. The van der Waals surface area contributed by atoms with Crippen molar-refractivity contribution in [3.8, 4) is 0 Å². The molecule has 1 aromatic carbocycles. The van der Waals surface area contributed by atoms with Crippen molar-refractivity contribution in [2.24, 2.45) is 0 Å². The van der Waals surface area contributed by atoms with E-state index in [4.69, 9.17) is 0 Å². The van der Waals surface area contributed by atoms with Crippen LogP contribution < -0.4 is 10.2 Å². The maximum Gasteiger partial charge on any atom is 0.247 e. The largest absolute Gasteiger partial charge is 0.314 e. The number of hydrogen-bond acceptors (Lipinski definition) is 2. The van der Waals surface area contributed by atoms with Crippen LogP contribution in [0.2, 0.25) is 0 Å². The molecule has 16 heavy (non-hydrogen) atoms. The molecule has 0 aliphatic carbocycles. The zero-order valence-corrected chi connectivity index (χ0v) is 9.60. The van der Waals surface area contributed by atoms with Crippen molar-refractivity contribution in [1.82, 2.24) is 5.32 Å². The van der Waals surface area contributed by atoms with Crippen LogP contribution in [0.4, 0.5) is 5.69 Å². The Kier molecular flexibility index (Phi) is 3.06. The van der Waals surface area contributed by atoms with Crippen molar-refractivity contribution >= 4 is 11.6 Å². The lowest BCUT2D eigenvalue weighted by Gasteiger charge is -2.21. The standard InChI is InChI=1S/C13H16N2O/c1-10-5-3-6-11(9-10)15(2)13(16)12-7-4-8-14-12/h3-7,9,12,14H,8H2,1-2H3. The van der Waals surface area contributed by atoms with Crippen molar-refractivity contribution in [2.45, 2.75) is 13.0 Å². The van der Waals surface area contributed by atoms with Gasteiger partial charge in [-0.25, -0.2) is 0 Å². The number of anilines is 1. The number of carbonyl (C=O) groups is 1. The summed E-state index contributed by atoms with van der Waals surface area (Å²) in [4.78, 5) is 13.8. The van der Waals surface area contributed by atoms with Gasteiger partial charge in [0.05, 0.1) is 0 Å². The second kappa shape index (κ2) is 4.49. The third-order valence-corrected chi connectivity index (χ3v) is 2.77. The lowest BCUT2D eigenvalue weighted by atomic mass is 10.2. The van der Waals surface area contributed by atoms with Crippen LogP contribution in [0.25, 0.3) is 0 Å².